The maximum absolute atomic E-state index is 12.9. The van der Waals surface area contributed by atoms with Crippen LogP contribution in [-0.2, 0) is 9.53 Å². The Labute approximate surface area is 232 Å². The number of dihydropyridines is 1. The largest absolute Gasteiger partial charge is 0.489 e. The Morgan fingerprint density at radius 1 is 1.30 bits per heavy atom. The summed E-state index contributed by atoms with van der Waals surface area (Å²) in [5.74, 6) is 0.107. The summed E-state index contributed by atoms with van der Waals surface area (Å²) >= 11 is 0. The number of benzene rings is 1. The molecule has 2 amide bonds. The lowest BCUT2D eigenvalue weighted by Gasteiger charge is -2.57. The minimum Gasteiger partial charge on any atom is -0.489 e. The van der Waals surface area contributed by atoms with E-state index >= 15 is 0 Å². The van der Waals surface area contributed by atoms with Crippen LogP contribution >= 0.6 is 0 Å². The molecule has 2 aromatic rings. The highest BCUT2D eigenvalue weighted by Crippen LogP contribution is 2.57. The second kappa shape index (κ2) is 10.6. The molecule has 2 fully saturated rings. The minimum atomic E-state index is -0.963. The Morgan fingerprint density at radius 3 is 2.67 bits per heavy atom. The molecule has 5 rings (SSSR count). The van der Waals surface area contributed by atoms with Gasteiger partial charge in [-0.1, -0.05) is 0 Å². The van der Waals surface area contributed by atoms with Crippen LogP contribution in [0.3, 0.4) is 0 Å². The summed E-state index contributed by atoms with van der Waals surface area (Å²) in [6.45, 7) is 3.43. The molecular formula is C29H34N6O5. The zero-order valence-electron chi connectivity index (χ0n) is 22.5. The lowest BCUT2D eigenvalue weighted by molar-refractivity contribution is -0.123. The van der Waals surface area contributed by atoms with E-state index in [1.54, 1.807) is 61.3 Å². The normalized spacial score (nSPS) is 24.6. The van der Waals surface area contributed by atoms with Crippen molar-refractivity contribution < 1.29 is 24.2 Å². The number of carbonyl (C=O) groups excluding carboxylic acids is 2. The molecule has 6 N–H and O–H groups in total. The van der Waals surface area contributed by atoms with Gasteiger partial charge in [0.2, 0.25) is 0 Å². The van der Waals surface area contributed by atoms with Gasteiger partial charge in [0, 0.05) is 36.9 Å². The second-order valence-corrected chi connectivity index (χ2v) is 11.3. The quantitative estimate of drug-likeness (QED) is 0.226. The molecule has 11 nitrogen and oxygen atoms in total. The number of primary amides is 1. The molecule has 0 unspecified atom stereocenters. The van der Waals surface area contributed by atoms with Crippen molar-refractivity contribution in [3.63, 3.8) is 0 Å². The molecule has 0 bridgehead atoms. The number of nitrogens with two attached hydrogens (primary N) is 1. The number of hydrogen-bond acceptors (Lipinski definition) is 8. The average molecular weight is 547 g/mol. The molecule has 210 valence electrons. The van der Waals surface area contributed by atoms with Crippen LogP contribution in [0.25, 0.3) is 5.69 Å². The highest BCUT2D eigenvalue weighted by atomic mass is 16.5. The van der Waals surface area contributed by atoms with Gasteiger partial charge in [0.05, 0.1) is 34.2 Å². The zero-order chi connectivity index (χ0) is 28.5. The van der Waals surface area contributed by atoms with E-state index in [2.05, 4.69) is 15.7 Å². The smallest absolute Gasteiger partial charge is 0.255 e. The van der Waals surface area contributed by atoms with Gasteiger partial charge in [-0.2, -0.15) is 5.10 Å². The van der Waals surface area contributed by atoms with Gasteiger partial charge >= 0.3 is 0 Å². The van der Waals surface area contributed by atoms with Crippen LogP contribution in [-0.4, -0.2) is 57.3 Å². The fraction of sp³-hybridized carbons (Fsp3) is 0.379. The van der Waals surface area contributed by atoms with Crippen LogP contribution in [0.5, 0.6) is 5.75 Å². The molecule has 0 saturated heterocycles. The van der Waals surface area contributed by atoms with E-state index in [0.717, 1.165) is 37.6 Å². The summed E-state index contributed by atoms with van der Waals surface area (Å²) in [6.07, 6.45) is 12.7. The maximum Gasteiger partial charge on any atom is 0.255 e. The fourth-order valence-corrected chi connectivity index (χ4v) is 5.42. The Hall–Kier alpha value is -4.38. The van der Waals surface area contributed by atoms with Crippen molar-refractivity contribution >= 4 is 18.0 Å². The minimum absolute atomic E-state index is 0.0158. The fourth-order valence-electron chi connectivity index (χ4n) is 5.42. The van der Waals surface area contributed by atoms with Gasteiger partial charge in [0.1, 0.15) is 18.1 Å². The predicted octanol–water partition coefficient (Wildman–Crippen LogP) is 2.47. The third-order valence-electron chi connectivity index (χ3n) is 7.36. The first-order chi connectivity index (χ1) is 19.0. The SMILES string of the molecule is CC(C)(O)COC1=CN/C(=C(\C=N)C(=O)NC2CC3(C2)CC(Oc2cc(-n4cccn4)ccc2C(N)=O)C3)C=C1. The molecule has 0 atom stereocenters. The van der Waals surface area contributed by atoms with E-state index in [4.69, 9.17) is 20.6 Å². The number of amides is 2. The van der Waals surface area contributed by atoms with Crippen molar-refractivity contribution in [3.05, 3.63) is 77.6 Å². The van der Waals surface area contributed by atoms with E-state index in [9.17, 15) is 14.7 Å². The number of aromatic nitrogens is 2. The molecule has 0 radical (unpaired) electrons. The first kappa shape index (κ1) is 27.2. The van der Waals surface area contributed by atoms with E-state index in [0.29, 0.717) is 22.8 Å². The number of rotatable bonds is 10. The van der Waals surface area contributed by atoms with Crippen molar-refractivity contribution in [2.75, 3.05) is 6.61 Å². The van der Waals surface area contributed by atoms with Gasteiger partial charge in [-0.3, -0.25) is 9.59 Å². The highest BCUT2D eigenvalue weighted by molar-refractivity contribution is 6.12. The monoisotopic (exact) mass is 546 g/mol. The van der Waals surface area contributed by atoms with Crippen LogP contribution in [0.1, 0.15) is 49.9 Å². The molecule has 1 spiro atoms. The molecule has 2 saturated carbocycles. The molecule has 1 aromatic heterocycles. The number of allylic oxidation sites excluding steroid dienone is 2. The summed E-state index contributed by atoms with van der Waals surface area (Å²) in [5.41, 5.74) is 6.54. The van der Waals surface area contributed by atoms with E-state index < -0.39 is 11.5 Å². The van der Waals surface area contributed by atoms with Crippen LogP contribution < -0.4 is 21.1 Å². The molecule has 1 aromatic carbocycles. The van der Waals surface area contributed by atoms with Gasteiger partial charge in [0.25, 0.3) is 11.8 Å². The molecular weight excluding hydrogens is 512 g/mol. The van der Waals surface area contributed by atoms with Gasteiger partial charge in [0.15, 0.2) is 0 Å². The summed E-state index contributed by atoms with van der Waals surface area (Å²) < 4.78 is 13.4. The van der Waals surface area contributed by atoms with E-state index in [1.807, 2.05) is 12.3 Å². The average Bonchev–Trinajstić information content (AvgIpc) is 3.40. The summed E-state index contributed by atoms with van der Waals surface area (Å²) in [7, 11) is 0. The number of nitrogens with zero attached hydrogens (tertiary/aromatic N) is 2. The molecule has 40 heavy (non-hydrogen) atoms. The maximum atomic E-state index is 12.9. The van der Waals surface area contributed by atoms with Crippen LogP contribution in [0.2, 0.25) is 0 Å². The lowest BCUT2D eigenvalue weighted by atomic mass is 9.53. The number of ether oxygens (including phenoxy) is 2. The van der Waals surface area contributed by atoms with Crippen LogP contribution in [0.15, 0.2) is 72.0 Å². The zero-order valence-corrected chi connectivity index (χ0v) is 22.5. The Bertz CT molecular complexity index is 1390. The van der Waals surface area contributed by atoms with Gasteiger partial charge in [-0.05, 0) is 75.3 Å². The topological polar surface area (TPSA) is 165 Å². The van der Waals surface area contributed by atoms with Crippen molar-refractivity contribution in [1.29, 1.82) is 5.41 Å². The first-order valence-electron chi connectivity index (χ1n) is 13.2. The Balaban J connectivity index is 1.13. The number of nitrogens with one attached hydrogen (secondary N) is 3. The van der Waals surface area contributed by atoms with Crippen molar-refractivity contribution in [2.24, 2.45) is 11.1 Å². The second-order valence-electron chi connectivity index (χ2n) is 11.3. The molecule has 2 aliphatic carbocycles. The Morgan fingerprint density at radius 2 is 2.08 bits per heavy atom. The third kappa shape index (κ3) is 5.94. The van der Waals surface area contributed by atoms with E-state index in [-0.39, 0.29) is 35.6 Å². The highest BCUT2D eigenvalue weighted by Gasteiger charge is 2.54. The van der Waals surface area contributed by atoms with Crippen molar-refractivity contribution in [1.82, 2.24) is 20.4 Å². The Kier molecular flexibility index (Phi) is 7.24. The first-order valence-corrected chi connectivity index (χ1v) is 13.2. The summed E-state index contributed by atoms with van der Waals surface area (Å²) in [6, 6.07) is 7.04. The molecule has 3 aliphatic rings. The summed E-state index contributed by atoms with van der Waals surface area (Å²) in [4.78, 5) is 24.9. The number of carbonyl (C=O) groups is 2. The van der Waals surface area contributed by atoms with Gasteiger partial charge in [-0.25, -0.2) is 4.68 Å². The van der Waals surface area contributed by atoms with Crippen LogP contribution in [0, 0.1) is 10.8 Å². The van der Waals surface area contributed by atoms with E-state index in [1.165, 1.54) is 0 Å². The molecule has 2 heterocycles. The van der Waals surface area contributed by atoms with Crippen molar-refractivity contribution in [3.8, 4) is 11.4 Å². The van der Waals surface area contributed by atoms with Crippen LogP contribution in [0.4, 0.5) is 0 Å². The lowest BCUT2D eigenvalue weighted by Crippen LogP contribution is -2.59. The molecule has 11 heteroatoms. The van der Waals surface area contributed by atoms with Crippen molar-refractivity contribution in [2.45, 2.75) is 57.3 Å². The predicted molar refractivity (Wildman–Crippen MR) is 148 cm³/mol. The third-order valence-corrected chi connectivity index (χ3v) is 7.36. The van der Waals surface area contributed by atoms with Gasteiger partial charge < -0.3 is 36.4 Å². The molecule has 1 aliphatic heterocycles. The standard InChI is InChI=1S/C29H34N6O5/c1-28(2,38)17-39-20-5-7-24(32-16-20)23(15-30)27(37)34-18-11-29(12-18)13-21(14-29)40-25-10-19(35-9-3-8-33-35)4-6-22(25)26(31)36/h3-10,15-16,18,21,30,32,38H,11-14,17H2,1-2H3,(H2,31,36)(H,34,37)/b24-23+,30-15?. The summed E-state index contributed by atoms with van der Waals surface area (Å²) in [5, 5.41) is 27.8. The van der Waals surface area contributed by atoms with Gasteiger partial charge in [-0.15, -0.1) is 0 Å². The number of hydrogen-bond donors (Lipinski definition) is 5. The number of aliphatic hydroxyl groups is 1.